The number of benzene rings is 2. The van der Waals surface area contributed by atoms with E-state index < -0.39 is 0 Å². The Balaban J connectivity index is 1.84. The predicted molar refractivity (Wildman–Crippen MR) is 98.8 cm³/mol. The minimum atomic E-state index is -0.198. The molecular formula is C17H13ClN4OS. The topological polar surface area (TPSA) is 59.3 Å². The molecule has 2 aromatic carbocycles. The third-order valence-electron chi connectivity index (χ3n) is 3.63. The molecule has 4 rings (SSSR count). The van der Waals surface area contributed by atoms with E-state index in [1.54, 1.807) is 18.2 Å². The van der Waals surface area contributed by atoms with Gasteiger partial charge in [0.15, 0.2) is 0 Å². The van der Waals surface area contributed by atoms with Gasteiger partial charge in [-0.05, 0) is 55.3 Å². The molecule has 0 aliphatic rings. The zero-order valence-corrected chi connectivity index (χ0v) is 14.6. The monoisotopic (exact) mass is 356 g/mol. The smallest absolute Gasteiger partial charge is 0.283 e. The fourth-order valence-corrected chi connectivity index (χ4v) is 3.69. The van der Waals surface area contributed by atoms with Gasteiger partial charge in [0.2, 0.25) is 10.1 Å². The van der Waals surface area contributed by atoms with Crippen molar-refractivity contribution in [1.82, 2.24) is 14.6 Å². The summed E-state index contributed by atoms with van der Waals surface area (Å²) in [4.78, 5) is 17.6. The molecule has 24 heavy (non-hydrogen) atoms. The van der Waals surface area contributed by atoms with Crippen LogP contribution in [0.2, 0.25) is 5.02 Å². The van der Waals surface area contributed by atoms with E-state index in [0.717, 1.165) is 16.8 Å². The number of halogens is 1. The molecule has 0 radical (unpaired) electrons. The van der Waals surface area contributed by atoms with Gasteiger partial charge in [-0.15, -0.1) is 5.10 Å². The predicted octanol–water partition coefficient (Wildman–Crippen LogP) is 4.32. The molecule has 0 aliphatic carbocycles. The summed E-state index contributed by atoms with van der Waals surface area (Å²) in [6.07, 6.45) is 0. The second-order valence-corrected chi connectivity index (χ2v) is 7.07. The number of nitrogens with zero attached hydrogens (tertiary/aromatic N) is 3. The minimum absolute atomic E-state index is 0.198. The van der Waals surface area contributed by atoms with E-state index in [-0.39, 0.29) is 5.56 Å². The Kier molecular flexibility index (Phi) is 3.51. The maximum absolute atomic E-state index is 12.6. The lowest BCUT2D eigenvalue weighted by Crippen LogP contribution is -2.15. The third kappa shape index (κ3) is 2.64. The summed E-state index contributed by atoms with van der Waals surface area (Å²) < 4.78 is 1.33. The summed E-state index contributed by atoms with van der Waals surface area (Å²) in [6.45, 7) is 4.08. The maximum Gasteiger partial charge on any atom is 0.283 e. The summed E-state index contributed by atoms with van der Waals surface area (Å²) in [7, 11) is 0. The van der Waals surface area contributed by atoms with Crippen LogP contribution in [0.5, 0.6) is 0 Å². The summed E-state index contributed by atoms with van der Waals surface area (Å²) in [5.41, 5.74) is 3.64. The summed E-state index contributed by atoms with van der Waals surface area (Å²) in [5.74, 6) is 0. The number of rotatable bonds is 2. The van der Waals surface area contributed by atoms with Gasteiger partial charge in [0.1, 0.15) is 0 Å². The highest BCUT2D eigenvalue weighted by Gasteiger charge is 2.11. The molecule has 0 unspecified atom stereocenters. The Hall–Kier alpha value is -2.44. The molecule has 0 atom stereocenters. The van der Waals surface area contributed by atoms with Crippen molar-refractivity contribution in [2.75, 3.05) is 5.32 Å². The average Bonchev–Trinajstić information content (AvgIpc) is 2.88. The number of anilines is 2. The lowest BCUT2D eigenvalue weighted by molar-refractivity contribution is 0.919. The van der Waals surface area contributed by atoms with Crippen molar-refractivity contribution >= 4 is 49.6 Å². The SMILES string of the molecule is Cc1cc(C)cc(Nc2nn3c(=O)c4ccc(Cl)cc4nc3s2)c1. The molecular weight excluding hydrogens is 344 g/mol. The highest BCUT2D eigenvalue weighted by atomic mass is 35.5. The molecule has 2 heterocycles. The van der Waals surface area contributed by atoms with Crippen LogP contribution in [0.25, 0.3) is 15.9 Å². The first-order valence-electron chi connectivity index (χ1n) is 7.34. The fraction of sp³-hybridized carbons (Fsp3) is 0.118. The number of aryl methyl sites for hydroxylation is 2. The van der Waals surface area contributed by atoms with Crippen LogP contribution in [0.3, 0.4) is 0 Å². The quantitative estimate of drug-likeness (QED) is 0.581. The van der Waals surface area contributed by atoms with Gasteiger partial charge in [-0.2, -0.15) is 4.52 Å². The first-order valence-corrected chi connectivity index (χ1v) is 8.53. The van der Waals surface area contributed by atoms with E-state index in [4.69, 9.17) is 11.6 Å². The van der Waals surface area contributed by atoms with Gasteiger partial charge in [-0.1, -0.05) is 29.0 Å². The Labute approximate surface area is 146 Å². The molecule has 0 spiro atoms. The van der Waals surface area contributed by atoms with Crippen molar-refractivity contribution < 1.29 is 0 Å². The number of aromatic nitrogens is 3. The van der Waals surface area contributed by atoms with Crippen LogP contribution in [0, 0.1) is 13.8 Å². The van der Waals surface area contributed by atoms with Crippen molar-refractivity contribution in [1.29, 1.82) is 0 Å². The van der Waals surface area contributed by atoms with Gasteiger partial charge in [0.05, 0.1) is 10.9 Å². The van der Waals surface area contributed by atoms with Crippen molar-refractivity contribution in [2.24, 2.45) is 0 Å². The van der Waals surface area contributed by atoms with E-state index in [9.17, 15) is 4.79 Å². The van der Waals surface area contributed by atoms with Crippen LogP contribution < -0.4 is 10.9 Å². The lowest BCUT2D eigenvalue weighted by Gasteiger charge is -2.04. The minimum Gasteiger partial charge on any atom is -0.330 e. The Bertz CT molecular complexity index is 1130. The summed E-state index contributed by atoms with van der Waals surface area (Å²) in [6, 6.07) is 11.2. The summed E-state index contributed by atoms with van der Waals surface area (Å²) >= 11 is 7.32. The van der Waals surface area contributed by atoms with E-state index in [0.29, 0.717) is 26.0 Å². The second-order valence-electron chi connectivity index (χ2n) is 5.68. The summed E-state index contributed by atoms with van der Waals surface area (Å²) in [5, 5.41) is 9.27. The van der Waals surface area contributed by atoms with Gasteiger partial charge >= 0.3 is 0 Å². The van der Waals surface area contributed by atoms with Crippen LogP contribution in [-0.2, 0) is 0 Å². The molecule has 0 saturated heterocycles. The molecule has 2 aromatic heterocycles. The number of fused-ring (bicyclic) bond motifs is 2. The zero-order chi connectivity index (χ0) is 16.8. The zero-order valence-electron chi connectivity index (χ0n) is 13.0. The number of nitrogens with one attached hydrogen (secondary N) is 1. The van der Waals surface area contributed by atoms with Gasteiger partial charge in [-0.25, -0.2) is 4.98 Å². The molecule has 0 fully saturated rings. The van der Waals surface area contributed by atoms with Crippen molar-refractivity contribution in [3.8, 4) is 0 Å². The second kappa shape index (κ2) is 5.58. The van der Waals surface area contributed by atoms with Crippen molar-refractivity contribution in [3.63, 3.8) is 0 Å². The lowest BCUT2D eigenvalue weighted by atomic mass is 10.1. The molecule has 5 nitrogen and oxygen atoms in total. The van der Waals surface area contributed by atoms with Crippen LogP contribution >= 0.6 is 22.9 Å². The van der Waals surface area contributed by atoms with Gasteiger partial charge in [-0.3, -0.25) is 4.79 Å². The van der Waals surface area contributed by atoms with E-state index in [2.05, 4.69) is 21.5 Å². The van der Waals surface area contributed by atoms with Crippen LogP contribution in [0.1, 0.15) is 11.1 Å². The highest BCUT2D eigenvalue weighted by molar-refractivity contribution is 7.20. The Morgan fingerprint density at radius 1 is 1.12 bits per heavy atom. The Morgan fingerprint density at radius 2 is 1.88 bits per heavy atom. The molecule has 1 N–H and O–H groups in total. The highest BCUT2D eigenvalue weighted by Crippen LogP contribution is 2.24. The standard InChI is InChI=1S/C17H13ClN4OS/c1-9-5-10(2)7-12(6-9)19-16-21-22-15(23)13-4-3-11(18)8-14(13)20-17(22)24-16/h3-8H,1-2H3,(H,19,21). The van der Waals surface area contributed by atoms with Crippen LogP contribution in [-0.4, -0.2) is 14.6 Å². The van der Waals surface area contributed by atoms with Crippen LogP contribution in [0.15, 0.2) is 41.2 Å². The van der Waals surface area contributed by atoms with Gasteiger partial charge in [0.25, 0.3) is 5.56 Å². The molecule has 0 saturated carbocycles. The van der Waals surface area contributed by atoms with Crippen molar-refractivity contribution in [2.45, 2.75) is 13.8 Å². The van der Waals surface area contributed by atoms with E-state index in [1.165, 1.54) is 15.9 Å². The van der Waals surface area contributed by atoms with Crippen LogP contribution in [0.4, 0.5) is 10.8 Å². The number of hydrogen-bond acceptors (Lipinski definition) is 5. The molecule has 0 aliphatic heterocycles. The molecule has 0 bridgehead atoms. The normalized spacial score (nSPS) is 11.3. The van der Waals surface area contributed by atoms with Gasteiger partial charge in [0, 0.05) is 10.7 Å². The largest absolute Gasteiger partial charge is 0.330 e. The average molecular weight is 357 g/mol. The Morgan fingerprint density at radius 3 is 2.62 bits per heavy atom. The maximum atomic E-state index is 12.6. The number of hydrogen-bond donors (Lipinski definition) is 1. The van der Waals surface area contributed by atoms with E-state index >= 15 is 0 Å². The molecule has 7 heteroatoms. The first-order chi connectivity index (χ1) is 11.5. The van der Waals surface area contributed by atoms with Gasteiger partial charge < -0.3 is 5.32 Å². The first kappa shape index (κ1) is 15.1. The van der Waals surface area contributed by atoms with E-state index in [1.807, 2.05) is 26.0 Å². The molecule has 0 amide bonds. The third-order valence-corrected chi connectivity index (χ3v) is 4.69. The fourth-order valence-electron chi connectivity index (χ4n) is 2.70. The molecule has 120 valence electrons. The van der Waals surface area contributed by atoms with Crippen molar-refractivity contribution in [3.05, 3.63) is 62.9 Å². The molecule has 4 aromatic rings.